The Labute approximate surface area is 99.0 Å². The average Bonchev–Trinajstić information content (AvgIpc) is 2.98. The molecule has 0 saturated carbocycles. The molecule has 0 spiro atoms. The molecule has 3 aromatic heterocycles. The Morgan fingerprint density at radius 1 is 1.29 bits per heavy atom. The van der Waals surface area contributed by atoms with Gasteiger partial charge in [-0.1, -0.05) is 5.16 Å². The van der Waals surface area contributed by atoms with Crippen LogP contribution in [0.3, 0.4) is 0 Å². The summed E-state index contributed by atoms with van der Waals surface area (Å²) >= 11 is 1.46. The second kappa shape index (κ2) is 3.95. The first-order chi connectivity index (χ1) is 8.33. The maximum absolute atomic E-state index is 10.8. The lowest BCUT2D eigenvalue weighted by Gasteiger charge is -1.92. The zero-order chi connectivity index (χ0) is 11.7. The first-order valence-electron chi connectivity index (χ1n) is 4.75. The molecule has 0 amide bonds. The molecule has 0 radical (unpaired) electrons. The topological polar surface area (TPSA) is 84.7 Å². The van der Waals surface area contributed by atoms with Gasteiger partial charge in [0.25, 0.3) is 0 Å². The van der Waals surface area contributed by atoms with Gasteiger partial charge >= 0.3 is 5.76 Å². The first kappa shape index (κ1) is 9.91. The number of aromatic nitrogens is 4. The van der Waals surface area contributed by atoms with E-state index in [2.05, 4.69) is 24.6 Å². The molecule has 0 aliphatic carbocycles. The van der Waals surface area contributed by atoms with E-state index in [1.165, 1.54) is 11.3 Å². The fourth-order valence-electron chi connectivity index (χ4n) is 1.35. The van der Waals surface area contributed by atoms with E-state index in [1.807, 2.05) is 17.5 Å². The molecule has 0 saturated heterocycles. The van der Waals surface area contributed by atoms with Crippen molar-refractivity contribution < 1.29 is 4.52 Å². The summed E-state index contributed by atoms with van der Waals surface area (Å²) in [7, 11) is 0. The minimum atomic E-state index is -0.585. The molecular weight excluding hydrogens is 240 g/mol. The molecule has 17 heavy (non-hydrogen) atoms. The minimum Gasteiger partial charge on any atom is -0.296 e. The van der Waals surface area contributed by atoms with Crippen LogP contribution in [0.5, 0.6) is 0 Å². The van der Waals surface area contributed by atoms with Crippen molar-refractivity contribution in [1.82, 2.24) is 20.1 Å². The quantitative estimate of drug-likeness (QED) is 0.741. The predicted octanol–water partition coefficient (Wildman–Crippen LogP) is 1.55. The van der Waals surface area contributed by atoms with E-state index in [-0.39, 0.29) is 0 Å². The molecule has 1 N–H and O–H groups in total. The standard InChI is InChI=1S/C10H6N4O2S/c15-10-13-8(14-16-10)7-5-17-9(12-7)6-1-3-11-4-2-6/h1-5H,(H,13,14,15). The van der Waals surface area contributed by atoms with Gasteiger partial charge in [0.15, 0.2) is 0 Å². The van der Waals surface area contributed by atoms with Crippen molar-refractivity contribution in [2.45, 2.75) is 0 Å². The second-order valence-corrected chi connectivity index (χ2v) is 4.08. The van der Waals surface area contributed by atoms with Crippen molar-refractivity contribution in [2.75, 3.05) is 0 Å². The summed E-state index contributed by atoms with van der Waals surface area (Å²) in [6, 6.07) is 3.74. The van der Waals surface area contributed by atoms with Crippen molar-refractivity contribution in [2.24, 2.45) is 0 Å². The van der Waals surface area contributed by atoms with Gasteiger partial charge in [-0.2, -0.15) is 0 Å². The number of hydrogen-bond donors (Lipinski definition) is 1. The molecular formula is C10H6N4O2S. The largest absolute Gasteiger partial charge is 0.439 e. The van der Waals surface area contributed by atoms with Gasteiger partial charge in [-0.05, 0) is 12.1 Å². The van der Waals surface area contributed by atoms with Crippen LogP contribution in [0.4, 0.5) is 0 Å². The van der Waals surface area contributed by atoms with Gasteiger partial charge in [-0.15, -0.1) is 11.3 Å². The fraction of sp³-hybridized carbons (Fsp3) is 0. The summed E-state index contributed by atoms with van der Waals surface area (Å²) in [6.45, 7) is 0. The lowest BCUT2D eigenvalue weighted by atomic mass is 10.3. The number of nitrogens with zero attached hydrogens (tertiary/aromatic N) is 3. The Morgan fingerprint density at radius 2 is 2.12 bits per heavy atom. The van der Waals surface area contributed by atoms with E-state index in [9.17, 15) is 4.79 Å². The molecule has 0 aliphatic rings. The maximum atomic E-state index is 10.8. The molecule has 3 rings (SSSR count). The van der Waals surface area contributed by atoms with Crippen LogP contribution in [-0.4, -0.2) is 20.1 Å². The van der Waals surface area contributed by atoms with E-state index < -0.39 is 5.76 Å². The van der Waals surface area contributed by atoms with Crippen LogP contribution in [0, 0.1) is 0 Å². The summed E-state index contributed by atoms with van der Waals surface area (Å²) < 4.78 is 4.43. The number of hydrogen-bond acceptors (Lipinski definition) is 6. The van der Waals surface area contributed by atoms with Gasteiger partial charge in [-0.3, -0.25) is 14.5 Å². The summed E-state index contributed by atoms with van der Waals surface area (Å²) in [5.41, 5.74) is 1.56. The summed E-state index contributed by atoms with van der Waals surface area (Å²) in [5.74, 6) is -0.245. The van der Waals surface area contributed by atoms with Gasteiger partial charge in [-0.25, -0.2) is 9.78 Å². The lowest BCUT2D eigenvalue weighted by Crippen LogP contribution is -1.94. The molecule has 0 unspecified atom stereocenters. The molecule has 0 atom stereocenters. The third-order valence-corrected chi connectivity index (χ3v) is 3.01. The van der Waals surface area contributed by atoms with Crippen molar-refractivity contribution in [3.8, 4) is 22.1 Å². The molecule has 6 nitrogen and oxygen atoms in total. The van der Waals surface area contributed by atoms with Crippen molar-refractivity contribution >= 4 is 11.3 Å². The molecule has 3 aromatic rings. The van der Waals surface area contributed by atoms with Crippen LogP contribution in [0.25, 0.3) is 22.1 Å². The smallest absolute Gasteiger partial charge is 0.296 e. The normalized spacial score (nSPS) is 10.6. The van der Waals surface area contributed by atoms with Crippen molar-refractivity contribution in [3.63, 3.8) is 0 Å². The monoisotopic (exact) mass is 246 g/mol. The molecule has 0 aromatic carbocycles. The fourth-order valence-corrected chi connectivity index (χ4v) is 2.16. The summed E-state index contributed by atoms with van der Waals surface area (Å²) in [5, 5.41) is 6.23. The Kier molecular flexibility index (Phi) is 2.30. The van der Waals surface area contributed by atoms with Crippen molar-refractivity contribution in [3.05, 3.63) is 40.5 Å². The molecule has 0 fully saturated rings. The number of H-pyrrole nitrogens is 1. The highest BCUT2D eigenvalue weighted by atomic mass is 32.1. The van der Waals surface area contributed by atoms with E-state index in [0.29, 0.717) is 11.5 Å². The van der Waals surface area contributed by atoms with Gasteiger partial charge in [0.05, 0.1) is 0 Å². The van der Waals surface area contributed by atoms with Crippen LogP contribution in [0.15, 0.2) is 39.2 Å². The number of aromatic amines is 1. The van der Waals surface area contributed by atoms with E-state index in [1.54, 1.807) is 12.4 Å². The Bertz CT molecular complexity index is 685. The highest BCUT2D eigenvalue weighted by Crippen LogP contribution is 2.26. The van der Waals surface area contributed by atoms with Crippen LogP contribution in [-0.2, 0) is 0 Å². The highest BCUT2D eigenvalue weighted by Gasteiger charge is 2.10. The van der Waals surface area contributed by atoms with Gasteiger partial charge in [0.1, 0.15) is 10.7 Å². The average molecular weight is 246 g/mol. The highest BCUT2D eigenvalue weighted by molar-refractivity contribution is 7.13. The van der Waals surface area contributed by atoms with E-state index in [0.717, 1.165) is 10.6 Å². The molecule has 3 heterocycles. The number of pyridine rings is 1. The SMILES string of the molecule is O=c1[nH]c(-c2csc(-c3ccncc3)n2)no1. The van der Waals surface area contributed by atoms with Gasteiger partial charge < -0.3 is 0 Å². The van der Waals surface area contributed by atoms with Crippen LogP contribution >= 0.6 is 11.3 Å². The predicted molar refractivity (Wildman–Crippen MR) is 61.5 cm³/mol. The van der Waals surface area contributed by atoms with Gasteiger partial charge in [0, 0.05) is 23.3 Å². The minimum absolute atomic E-state index is 0.339. The van der Waals surface area contributed by atoms with Crippen LogP contribution in [0.1, 0.15) is 0 Å². The molecule has 0 bridgehead atoms. The van der Waals surface area contributed by atoms with Gasteiger partial charge in [0.2, 0.25) is 5.82 Å². The second-order valence-electron chi connectivity index (χ2n) is 3.22. The Morgan fingerprint density at radius 3 is 2.82 bits per heavy atom. The summed E-state index contributed by atoms with van der Waals surface area (Å²) in [6.07, 6.45) is 3.41. The molecule has 0 aliphatic heterocycles. The third kappa shape index (κ3) is 1.87. The van der Waals surface area contributed by atoms with E-state index in [4.69, 9.17) is 0 Å². The zero-order valence-corrected chi connectivity index (χ0v) is 9.27. The van der Waals surface area contributed by atoms with E-state index >= 15 is 0 Å². The van der Waals surface area contributed by atoms with Crippen LogP contribution < -0.4 is 5.76 Å². The van der Waals surface area contributed by atoms with Crippen molar-refractivity contribution in [1.29, 1.82) is 0 Å². The molecule has 84 valence electrons. The first-order valence-corrected chi connectivity index (χ1v) is 5.63. The number of nitrogens with one attached hydrogen (secondary N) is 1. The Balaban J connectivity index is 2.01. The maximum Gasteiger partial charge on any atom is 0.439 e. The lowest BCUT2D eigenvalue weighted by molar-refractivity contribution is 0.388. The zero-order valence-electron chi connectivity index (χ0n) is 8.45. The summed E-state index contributed by atoms with van der Waals surface area (Å²) in [4.78, 5) is 21.6. The molecule has 7 heteroatoms. The van der Waals surface area contributed by atoms with Crippen LogP contribution in [0.2, 0.25) is 0 Å². The number of thiazole rings is 1. The third-order valence-electron chi connectivity index (χ3n) is 2.11. The number of rotatable bonds is 2. The Hall–Kier alpha value is -2.28.